The lowest BCUT2D eigenvalue weighted by atomic mass is 9.93. The topological polar surface area (TPSA) is 101 Å². The van der Waals surface area contributed by atoms with E-state index in [1.165, 1.54) is 6.20 Å². The van der Waals surface area contributed by atoms with E-state index in [1.807, 2.05) is 13.8 Å². The number of ether oxygens (including phenoxy) is 1. The third kappa shape index (κ3) is 3.14. The minimum Gasteiger partial charge on any atom is -0.376 e. The number of benzene rings is 1. The molecule has 7 heteroatoms. The predicted octanol–water partition coefficient (Wildman–Crippen LogP) is 3.38. The highest BCUT2D eigenvalue weighted by Gasteiger charge is 2.30. The first kappa shape index (κ1) is 16.1. The summed E-state index contributed by atoms with van der Waals surface area (Å²) >= 11 is 0. The van der Waals surface area contributed by atoms with E-state index in [-0.39, 0.29) is 17.3 Å². The fraction of sp³-hybridized carbons (Fsp3) is 0.412. The van der Waals surface area contributed by atoms with Crippen molar-refractivity contribution in [2.75, 3.05) is 11.9 Å². The number of fused-ring (bicyclic) bond motifs is 1. The average molecular weight is 326 g/mol. The molecule has 1 aliphatic rings. The summed E-state index contributed by atoms with van der Waals surface area (Å²) in [7, 11) is 0. The molecule has 0 aliphatic carbocycles. The number of nitrogens with zero attached hydrogens (tertiary/aromatic N) is 3. The van der Waals surface area contributed by atoms with Gasteiger partial charge in [0.2, 0.25) is 0 Å². The first-order valence-corrected chi connectivity index (χ1v) is 7.77. The van der Waals surface area contributed by atoms with Gasteiger partial charge in [-0.05, 0) is 44.9 Å². The van der Waals surface area contributed by atoms with Crippen LogP contribution < -0.4 is 5.32 Å². The zero-order valence-electron chi connectivity index (χ0n) is 13.6. The van der Waals surface area contributed by atoms with Crippen LogP contribution in [-0.2, 0) is 4.74 Å². The Balaban J connectivity index is 2.08. The number of hydrogen-bond donors (Lipinski definition) is 1. The molecule has 1 aromatic heterocycles. The summed E-state index contributed by atoms with van der Waals surface area (Å²) < 4.78 is 5.71. The van der Waals surface area contributed by atoms with E-state index < -0.39 is 4.92 Å². The maximum absolute atomic E-state index is 11.4. The van der Waals surface area contributed by atoms with Crippen LogP contribution in [0.1, 0.15) is 32.3 Å². The molecule has 1 unspecified atom stereocenters. The number of aromatic nitrogens is 1. The van der Waals surface area contributed by atoms with Crippen molar-refractivity contribution < 1.29 is 9.66 Å². The van der Waals surface area contributed by atoms with Crippen LogP contribution in [0.3, 0.4) is 0 Å². The standard InChI is InChI=1S/C17H18N4O3/c1-17(2)8-12(5-6-24-17)20-16-13-7-11(9-18)3-4-14(13)19-10-15(16)21(22)23/h3-4,7,10,12H,5-6,8H2,1-2H3,(H,19,20). The Morgan fingerprint density at radius 3 is 2.96 bits per heavy atom. The number of hydrogen-bond acceptors (Lipinski definition) is 6. The van der Waals surface area contributed by atoms with Crippen molar-refractivity contribution in [2.24, 2.45) is 0 Å². The van der Waals surface area contributed by atoms with Gasteiger partial charge in [-0.2, -0.15) is 5.26 Å². The second kappa shape index (κ2) is 6.06. The molecule has 124 valence electrons. The highest BCUT2D eigenvalue weighted by molar-refractivity contribution is 5.96. The summed E-state index contributed by atoms with van der Waals surface area (Å²) in [4.78, 5) is 15.1. The first-order chi connectivity index (χ1) is 11.4. The van der Waals surface area contributed by atoms with Crippen LogP contribution in [0.4, 0.5) is 11.4 Å². The van der Waals surface area contributed by atoms with E-state index in [0.717, 1.165) is 12.8 Å². The molecule has 2 aromatic rings. The zero-order chi connectivity index (χ0) is 17.3. The molecular formula is C17H18N4O3. The monoisotopic (exact) mass is 326 g/mol. The smallest absolute Gasteiger partial charge is 0.311 e. The fourth-order valence-electron chi connectivity index (χ4n) is 3.10. The minimum atomic E-state index is -0.446. The molecule has 1 N–H and O–H groups in total. The van der Waals surface area contributed by atoms with Crippen molar-refractivity contribution in [3.63, 3.8) is 0 Å². The van der Waals surface area contributed by atoms with Crippen molar-refractivity contribution >= 4 is 22.3 Å². The molecule has 1 saturated heterocycles. The summed E-state index contributed by atoms with van der Waals surface area (Å²) in [5.41, 5.74) is 1.13. The number of pyridine rings is 1. The van der Waals surface area contributed by atoms with Crippen LogP contribution >= 0.6 is 0 Å². The third-order valence-electron chi connectivity index (χ3n) is 4.22. The fourth-order valence-corrected chi connectivity index (χ4v) is 3.10. The summed E-state index contributed by atoms with van der Waals surface area (Å²) in [6.07, 6.45) is 2.77. The van der Waals surface area contributed by atoms with Gasteiger partial charge < -0.3 is 10.1 Å². The van der Waals surface area contributed by atoms with Gasteiger partial charge in [-0.1, -0.05) is 0 Å². The van der Waals surface area contributed by atoms with E-state index in [4.69, 9.17) is 10.00 Å². The molecule has 1 aromatic carbocycles. The molecule has 0 spiro atoms. The average Bonchev–Trinajstić information content (AvgIpc) is 2.53. The minimum absolute atomic E-state index is 0.0591. The van der Waals surface area contributed by atoms with Crippen molar-refractivity contribution in [3.05, 3.63) is 40.1 Å². The van der Waals surface area contributed by atoms with Gasteiger partial charge >= 0.3 is 5.69 Å². The van der Waals surface area contributed by atoms with Gasteiger partial charge in [0.25, 0.3) is 0 Å². The highest BCUT2D eigenvalue weighted by Crippen LogP contribution is 2.35. The molecule has 1 fully saturated rings. The Labute approximate surface area is 139 Å². The van der Waals surface area contributed by atoms with Crippen molar-refractivity contribution in [1.82, 2.24) is 4.98 Å². The van der Waals surface area contributed by atoms with Crippen molar-refractivity contribution in [3.8, 4) is 6.07 Å². The second-order valence-corrected chi connectivity index (χ2v) is 6.56. The highest BCUT2D eigenvalue weighted by atomic mass is 16.6. The van der Waals surface area contributed by atoms with Crippen molar-refractivity contribution in [2.45, 2.75) is 38.3 Å². The molecule has 1 atom stereocenters. The summed E-state index contributed by atoms with van der Waals surface area (Å²) in [6, 6.07) is 7.13. The third-order valence-corrected chi connectivity index (χ3v) is 4.22. The molecule has 24 heavy (non-hydrogen) atoms. The lowest BCUT2D eigenvalue weighted by Crippen LogP contribution is -2.40. The molecule has 0 amide bonds. The van der Waals surface area contributed by atoms with Crippen LogP contribution in [0, 0.1) is 21.4 Å². The largest absolute Gasteiger partial charge is 0.376 e. The van der Waals surface area contributed by atoms with Gasteiger partial charge in [-0.3, -0.25) is 10.1 Å². The molecule has 1 aliphatic heterocycles. The van der Waals surface area contributed by atoms with Gasteiger partial charge in [0, 0.05) is 18.0 Å². The summed E-state index contributed by atoms with van der Waals surface area (Å²) in [5, 5.41) is 24.4. The summed E-state index contributed by atoms with van der Waals surface area (Å²) in [6.45, 7) is 4.62. The van der Waals surface area contributed by atoms with Gasteiger partial charge in [-0.15, -0.1) is 0 Å². The number of anilines is 1. The van der Waals surface area contributed by atoms with Crippen LogP contribution in [-0.4, -0.2) is 28.2 Å². The van der Waals surface area contributed by atoms with E-state index in [2.05, 4.69) is 16.4 Å². The normalized spacial score (nSPS) is 19.6. The maximum atomic E-state index is 11.4. The lowest BCUT2D eigenvalue weighted by Gasteiger charge is -2.36. The van der Waals surface area contributed by atoms with E-state index in [1.54, 1.807) is 18.2 Å². The number of rotatable bonds is 3. The Morgan fingerprint density at radius 2 is 2.29 bits per heavy atom. The first-order valence-electron chi connectivity index (χ1n) is 7.77. The zero-order valence-corrected chi connectivity index (χ0v) is 13.6. The maximum Gasteiger partial charge on any atom is 0.311 e. The van der Waals surface area contributed by atoms with Crippen LogP contribution in [0.2, 0.25) is 0 Å². The van der Waals surface area contributed by atoms with Crippen molar-refractivity contribution in [1.29, 1.82) is 5.26 Å². The Hall–Kier alpha value is -2.72. The number of nitro groups is 1. The van der Waals surface area contributed by atoms with E-state index in [9.17, 15) is 10.1 Å². The number of nitrogens with one attached hydrogen (secondary N) is 1. The van der Waals surface area contributed by atoms with Gasteiger partial charge in [0.05, 0.1) is 27.7 Å². The Morgan fingerprint density at radius 1 is 1.50 bits per heavy atom. The molecular weight excluding hydrogens is 308 g/mol. The quantitative estimate of drug-likeness (QED) is 0.685. The van der Waals surface area contributed by atoms with Crippen LogP contribution in [0.25, 0.3) is 10.9 Å². The molecule has 0 bridgehead atoms. The molecule has 0 radical (unpaired) electrons. The second-order valence-electron chi connectivity index (χ2n) is 6.56. The van der Waals surface area contributed by atoms with E-state index >= 15 is 0 Å². The SMILES string of the molecule is CC1(C)CC(Nc2c([N+](=O)[O-])cnc3ccc(C#N)cc23)CCO1. The molecule has 0 saturated carbocycles. The lowest BCUT2D eigenvalue weighted by molar-refractivity contribution is -0.384. The Kier molecular flexibility index (Phi) is 4.08. The molecule has 7 nitrogen and oxygen atoms in total. The predicted molar refractivity (Wildman–Crippen MR) is 89.8 cm³/mol. The van der Waals surface area contributed by atoms with Crippen LogP contribution in [0.5, 0.6) is 0 Å². The Bertz CT molecular complexity index is 842. The van der Waals surface area contributed by atoms with Gasteiger partial charge in [-0.25, -0.2) is 4.98 Å². The summed E-state index contributed by atoms with van der Waals surface area (Å²) in [5.74, 6) is 0. The van der Waals surface area contributed by atoms with Gasteiger partial charge in [0.15, 0.2) is 0 Å². The van der Waals surface area contributed by atoms with E-state index in [0.29, 0.717) is 28.8 Å². The number of nitriles is 1. The molecule has 2 heterocycles. The molecule has 3 rings (SSSR count). The van der Waals surface area contributed by atoms with Crippen LogP contribution in [0.15, 0.2) is 24.4 Å². The van der Waals surface area contributed by atoms with Gasteiger partial charge in [0.1, 0.15) is 11.9 Å².